The van der Waals surface area contributed by atoms with E-state index in [-0.39, 0.29) is 0 Å². The van der Waals surface area contributed by atoms with Gasteiger partial charge in [-0.3, -0.25) is 4.57 Å². The largest absolute Gasteiger partial charge is 0.369 e. The van der Waals surface area contributed by atoms with E-state index in [1.54, 1.807) is 0 Å². The normalized spacial score (nSPS) is 10.9. The highest BCUT2D eigenvalue weighted by molar-refractivity contribution is 5.80. The first kappa shape index (κ1) is 10.8. The van der Waals surface area contributed by atoms with Gasteiger partial charge in [0.1, 0.15) is 0 Å². The smallest absolute Gasteiger partial charge is 0.205 e. The van der Waals surface area contributed by atoms with Crippen LogP contribution >= 0.6 is 0 Å². The van der Waals surface area contributed by atoms with Crippen molar-refractivity contribution < 1.29 is 0 Å². The van der Waals surface area contributed by atoms with Gasteiger partial charge in [0.2, 0.25) is 5.95 Å². The van der Waals surface area contributed by atoms with Crippen molar-refractivity contribution in [2.75, 3.05) is 5.73 Å². The molecule has 0 atom stereocenters. The van der Waals surface area contributed by atoms with Gasteiger partial charge >= 0.3 is 0 Å². The van der Waals surface area contributed by atoms with Crippen LogP contribution in [0.3, 0.4) is 0 Å². The molecule has 0 saturated carbocycles. The zero-order valence-corrected chi connectivity index (χ0v) is 10.3. The molecule has 0 bridgehead atoms. The summed E-state index contributed by atoms with van der Waals surface area (Å²) in [7, 11) is 0. The Bertz CT molecular complexity index is 698. The number of nitrogens with two attached hydrogens (primary N) is 1. The second kappa shape index (κ2) is 4.18. The fourth-order valence-corrected chi connectivity index (χ4v) is 2.23. The van der Waals surface area contributed by atoms with E-state index >= 15 is 0 Å². The number of hydrogen-bond acceptors (Lipinski definition) is 2. The Morgan fingerprint density at radius 1 is 1.11 bits per heavy atom. The summed E-state index contributed by atoms with van der Waals surface area (Å²) in [5, 5.41) is 0. The topological polar surface area (TPSA) is 43.8 Å². The number of anilines is 1. The molecule has 3 heteroatoms. The SMILES string of the molecule is CCc1cccc(-n2c(N)nc3ccccc32)c1. The molecule has 2 N–H and O–H groups in total. The molecule has 0 spiro atoms. The lowest BCUT2D eigenvalue weighted by atomic mass is 10.1. The maximum absolute atomic E-state index is 6.03. The van der Waals surface area contributed by atoms with Crippen molar-refractivity contribution in [1.29, 1.82) is 0 Å². The van der Waals surface area contributed by atoms with Gasteiger partial charge in [0.15, 0.2) is 0 Å². The first-order valence-electron chi connectivity index (χ1n) is 6.12. The number of imidazole rings is 1. The molecule has 3 rings (SSSR count). The number of nitrogens with zero attached hydrogens (tertiary/aromatic N) is 2. The van der Waals surface area contributed by atoms with E-state index in [4.69, 9.17) is 5.73 Å². The lowest BCUT2D eigenvalue weighted by molar-refractivity contribution is 1.08. The minimum atomic E-state index is 0.532. The maximum atomic E-state index is 6.03. The Morgan fingerprint density at radius 2 is 1.94 bits per heavy atom. The molecule has 0 unspecified atom stereocenters. The molecule has 0 radical (unpaired) electrons. The number of rotatable bonds is 2. The quantitative estimate of drug-likeness (QED) is 0.744. The first-order chi connectivity index (χ1) is 8.79. The molecule has 1 aromatic heterocycles. The van der Waals surface area contributed by atoms with E-state index in [1.165, 1.54) is 5.56 Å². The number of fused-ring (bicyclic) bond motifs is 1. The molecule has 0 fully saturated rings. The summed E-state index contributed by atoms with van der Waals surface area (Å²) in [6.45, 7) is 2.15. The summed E-state index contributed by atoms with van der Waals surface area (Å²) in [6.07, 6.45) is 1.01. The Kier molecular flexibility index (Phi) is 2.52. The van der Waals surface area contributed by atoms with Crippen molar-refractivity contribution in [1.82, 2.24) is 9.55 Å². The highest BCUT2D eigenvalue weighted by Gasteiger charge is 2.09. The predicted molar refractivity (Wildman–Crippen MR) is 74.9 cm³/mol. The average molecular weight is 237 g/mol. The predicted octanol–water partition coefficient (Wildman–Crippen LogP) is 3.17. The molecule has 90 valence electrons. The zero-order chi connectivity index (χ0) is 12.5. The monoisotopic (exact) mass is 237 g/mol. The van der Waals surface area contributed by atoms with Crippen molar-refractivity contribution in [3.05, 3.63) is 54.1 Å². The van der Waals surface area contributed by atoms with E-state index in [1.807, 2.05) is 28.8 Å². The van der Waals surface area contributed by atoms with Gasteiger partial charge in [0.25, 0.3) is 0 Å². The summed E-state index contributed by atoms with van der Waals surface area (Å²) < 4.78 is 1.99. The number of nitrogen functional groups attached to an aromatic ring is 1. The fourth-order valence-electron chi connectivity index (χ4n) is 2.23. The molecule has 0 aliphatic heterocycles. The molecule has 3 aromatic rings. The molecular formula is C15H15N3. The summed E-state index contributed by atoms with van der Waals surface area (Å²) in [5.74, 6) is 0.532. The highest BCUT2D eigenvalue weighted by Crippen LogP contribution is 2.23. The van der Waals surface area contributed by atoms with Gasteiger partial charge in [-0.05, 0) is 36.2 Å². The van der Waals surface area contributed by atoms with Gasteiger partial charge in [-0.1, -0.05) is 31.2 Å². The Labute approximate surface area is 106 Å². The highest BCUT2D eigenvalue weighted by atomic mass is 15.2. The molecule has 0 saturated heterocycles. The van der Waals surface area contributed by atoms with Gasteiger partial charge in [0.05, 0.1) is 11.0 Å². The van der Waals surface area contributed by atoms with Crippen molar-refractivity contribution in [2.24, 2.45) is 0 Å². The van der Waals surface area contributed by atoms with Crippen LogP contribution in [0.15, 0.2) is 48.5 Å². The van der Waals surface area contributed by atoms with Crippen LogP contribution in [0.2, 0.25) is 0 Å². The van der Waals surface area contributed by atoms with Gasteiger partial charge in [-0.15, -0.1) is 0 Å². The van der Waals surface area contributed by atoms with Gasteiger partial charge in [-0.2, -0.15) is 0 Å². The summed E-state index contributed by atoms with van der Waals surface area (Å²) >= 11 is 0. The van der Waals surface area contributed by atoms with E-state index in [0.29, 0.717) is 5.95 Å². The van der Waals surface area contributed by atoms with Crippen LogP contribution in [0, 0.1) is 0 Å². The summed E-state index contributed by atoms with van der Waals surface area (Å²) in [5.41, 5.74) is 10.4. The zero-order valence-electron chi connectivity index (χ0n) is 10.3. The van der Waals surface area contributed by atoms with Crippen LogP contribution in [0.4, 0.5) is 5.95 Å². The third kappa shape index (κ3) is 1.64. The van der Waals surface area contributed by atoms with E-state index in [9.17, 15) is 0 Å². The lowest BCUT2D eigenvalue weighted by Gasteiger charge is -2.07. The maximum Gasteiger partial charge on any atom is 0.205 e. The number of aryl methyl sites for hydroxylation is 1. The van der Waals surface area contributed by atoms with Crippen LogP contribution in [-0.4, -0.2) is 9.55 Å². The second-order valence-electron chi connectivity index (χ2n) is 4.32. The molecule has 0 amide bonds. The van der Waals surface area contributed by atoms with E-state index < -0.39 is 0 Å². The molecule has 18 heavy (non-hydrogen) atoms. The van der Waals surface area contributed by atoms with Gasteiger partial charge in [-0.25, -0.2) is 4.98 Å². The third-order valence-corrected chi connectivity index (χ3v) is 3.16. The minimum Gasteiger partial charge on any atom is -0.369 e. The second-order valence-corrected chi connectivity index (χ2v) is 4.32. The molecule has 0 aliphatic rings. The van der Waals surface area contributed by atoms with Crippen molar-refractivity contribution in [3.63, 3.8) is 0 Å². The summed E-state index contributed by atoms with van der Waals surface area (Å²) in [6, 6.07) is 16.4. The van der Waals surface area contributed by atoms with Crippen LogP contribution in [0.5, 0.6) is 0 Å². The van der Waals surface area contributed by atoms with E-state index in [0.717, 1.165) is 23.1 Å². The number of aromatic nitrogens is 2. The van der Waals surface area contributed by atoms with Crippen LogP contribution in [0.1, 0.15) is 12.5 Å². The number of para-hydroxylation sites is 2. The Balaban J connectivity index is 2.27. The Morgan fingerprint density at radius 3 is 2.78 bits per heavy atom. The molecule has 1 heterocycles. The van der Waals surface area contributed by atoms with Crippen LogP contribution < -0.4 is 5.73 Å². The third-order valence-electron chi connectivity index (χ3n) is 3.16. The number of benzene rings is 2. The molecular weight excluding hydrogens is 222 g/mol. The van der Waals surface area contributed by atoms with Gasteiger partial charge < -0.3 is 5.73 Å². The standard InChI is InChI=1S/C15H15N3/c1-2-11-6-5-7-12(10-11)18-14-9-4-3-8-13(14)17-15(18)16/h3-10H,2H2,1H3,(H2,16,17). The first-order valence-corrected chi connectivity index (χ1v) is 6.12. The minimum absolute atomic E-state index is 0.532. The number of hydrogen-bond donors (Lipinski definition) is 1. The van der Waals surface area contributed by atoms with Crippen molar-refractivity contribution in [3.8, 4) is 5.69 Å². The average Bonchev–Trinajstić information content (AvgIpc) is 2.74. The molecule has 2 aromatic carbocycles. The van der Waals surface area contributed by atoms with Crippen molar-refractivity contribution in [2.45, 2.75) is 13.3 Å². The lowest BCUT2D eigenvalue weighted by Crippen LogP contribution is -2.00. The summed E-state index contributed by atoms with van der Waals surface area (Å²) in [4.78, 5) is 4.39. The molecule has 3 nitrogen and oxygen atoms in total. The van der Waals surface area contributed by atoms with Crippen LogP contribution in [0.25, 0.3) is 16.7 Å². The van der Waals surface area contributed by atoms with Crippen LogP contribution in [-0.2, 0) is 6.42 Å². The fraction of sp³-hybridized carbons (Fsp3) is 0.133. The molecule has 0 aliphatic carbocycles. The van der Waals surface area contributed by atoms with Crippen molar-refractivity contribution >= 4 is 17.0 Å². The van der Waals surface area contributed by atoms with E-state index in [2.05, 4.69) is 36.2 Å². The Hall–Kier alpha value is -2.29. The van der Waals surface area contributed by atoms with Gasteiger partial charge in [0, 0.05) is 5.69 Å².